The van der Waals surface area contributed by atoms with E-state index in [-0.39, 0.29) is 5.82 Å². The summed E-state index contributed by atoms with van der Waals surface area (Å²) in [4.78, 5) is 0.743. The van der Waals surface area contributed by atoms with Gasteiger partial charge in [0.15, 0.2) is 0 Å². The first-order valence-electron chi connectivity index (χ1n) is 5.18. The molecule has 0 bridgehead atoms. The minimum atomic E-state index is -0.244. The summed E-state index contributed by atoms with van der Waals surface area (Å²) in [5.74, 6) is 0.427. The molecule has 0 aliphatic carbocycles. The molecular weight excluding hydrogens is 384 g/mol. The monoisotopic (exact) mass is 393 g/mol. The van der Waals surface area contributed by atoms with Gasteiger partial charge >= 0.3 is 0 Å². The summed E-state index contributed by atoms with van der Waals surface area (Å²) >= 11 is 9.48. The van der Waals surface area contributed by atoms with Crippen molar-refractivity contribution in [3.05, 3.63) is 56.4 Å². The Balaban J connectivity index is 2.16. The molecule has 5 heteroatoms. The number of hydrogen-bond acceptors (Lipinski definition) is 2. The highest BCUT2D eigenvalue weighted by Gasteiger charge is 2.07. The zero-order valence-electron chi connectivity index (χ0n) is 9.29. The van der Waals surface area contributed by atoms with Crippen LogP contribution >= 0.6 is 46.0 Å². The molecule has 0 amide bonds. The van der Waals surface area contributed by atoms with Gasteiger partial charge < -0.3 is 5.73 Å². The first-order chi connectivity index (χ1) is 8.58. The Hall–Kier alpha value is -0.460. The van der Waals surface area contributed by atoms with Crippen molar-refractivity contribution < 1.29 is 4.39 Å². The van der Waals surface area contributed by atoms with E-state index in [1.807, 2.05) is 46.9 Å². The van der Waals surface area contributed by atoms with Gasteiger partial charge in [-0.2, -0.15) is 0 Å². The largest absolute Gasteiger partial charge is 0.398 e. The fraction of sp³-hybridized carbons (Fsp3) is 0.0769. The molecule has 0 spiro atoms. The summed E-state index contributed by atoms with van der Waals surface area (Å²) in [6, 6.07) is 10.7. The Kier molecular flexibility index (Phi) is 4.75. The van der Waals surface area contributed by atoms with Gasteiger partial charge in [-0.05, 0) is 46.4 Å². The molecule has 0 atom stereocenters. The number of nitrogens with two attached hydrogens (primary N) is 1. The van der Waals surface area contributed by atoms with Crippen LogP contribution in [0.15, 0.2) is 41.3 Å². The minimum Gasteiger partial charge on any atom is -0.398 e. The van der Waals surface area contributed by atoms with E-state index in [1.165, 1.54) is 17.8 Å². The number of hydrogen-bond donors (Lipinski definition) is 1. The molecule has 0 saturated carbocycles. The van der Waals surface area contributed by atoms with Gasteiger partial charge in [0.1, 0.15) is 5.82 Å². The molecule has 1 nitrogen and oxygen atoms in total. The van der Waals surface area contributed by atoms with E-state index in [2.05, 4.69) is 0 Å². The lowest BCUT2D eigenvalue weighted by Crippen LogP contribution is -1.93. The fourth-order valence-electron chi connectivity index (χ4n) is 1.44. The predicted molar refractivity (Wildman–Crippen MR) is 84.5 cm³/mol. The third-order valence-corrected chi connectivity index (χ3v) is 4.71. The van der Waals surface area contributed by atoms with Gasteiger partial charge in [-0.3, -0.25) is 0 Å². The molecule has 0 aromatic heterocycles. The molecular formula is C13H10ClFINS. The van der Waals surface area contributed by atoms with Crippen molar-refractivity contribution in [2.24, 2.45) is 0 Å². The number of nitrogen functional groups attached to an aromatic ring is 1. The highest BCUT2D eigenvalue weighted by Crippen LogP contribution is 2.32. The van der Waals surface area contributed by atoms with E-state index in [0.717, 1.165) is 15.5 Å². The molecule has 94 valence electrons. The Morgan fingerprint density at radius 2 is 2.00 bits per heavy atom. The van der Waals surface area contributed by atoms with E-state index in [4.69, 9.17) is 17.3 Å². The van der Waals surface area contributed by atoms with Crippen LogP contribution in [0.1, 0.15) is 5.56 Å². The average molecular weight is 394 g/mol. The molecule has 2 aromatic carbocycles. The van der Waals surface area contributed by atoms with Gasteiger partial charge in [0, 0.05) is 21.4 Å². The van der Waals surface area contributed by atoms with Crippen LogP contribution in [0.25, 0.3) is 0 Å². The molecule has 0 fully saturated rings. The number of benzene rings is 2. The van der Waals surface area contributed by atoms with Crippen LogP contribution in [0, 0.1) is 9.39 Å². The topological polar surface area (TPSA) is 26.0 Å². The second-order valence-electron chi connectivity index (χ2n) is 3.68. The quantitative estimate of drug-likeness (QED) is 0.453. The van der Waals surface area contributed by atoms with Gasteiger partial charge in [-0.25, -0.2) is 4.39 Å². The maximum Gasteiger partial charge on any atom is 0.137 e. The molecule has 2 aromatic rings. The van der Waals surface area contributed by atoms with Crippen molar-refractivity contribution in [1.29, 1.82) is 0 Å². The van der Waals surface area contributed by atoms with Crippen LogP contribution in [0.3, 0.4) is 0 Å². The first kappa shape index (κ1) is 14.0. The normalized spacial score (nSPS) is 10.6. The lowest BCUT2D eigenvalue weighted by Gasteiger charge is -2.08. The third kappa shape index (κ3) is 3.30. The number of thioether (sulfide) groups is 1. The smallest absolute Gasteiger partial charge is 0.137 e. The van der Waals surface area contributed by atoms with Gasteiger partial charge in [-0.15, -0.1) is 11.8 Å². The lowest BCUT2D eigenvalue weighted by molar-refractivity contribution is 0.617. The standard InChI is InChI=1S/C13H10ClFINS/c14-9-4-2-1-3-8(9)7-18-13-5-10(15)11(16)6-12(13)17/h1-6H,7,17H2. The molecule has 0 aliphatic heterocycles. The summed E-state index contributed by atoms with van der Waals surface area (Å²) in [6.07, 6.45) is 0. The molecule has 2 N–H and O–H groups in total. The highest BCUT2D eigenvalue weighted by atomic mass is 127. The van der Waals surface area contributed by atoms with Crippen LogP contribution < -0.4 is 5.73 Å². The summed E-state index contributed by atoms with van der Waals surface area (Å²) < 4.78 is 14.0. The van der Waals surface area contributed by atoms with Crippen molar-refractivity contribution in [2.75, 3.05) is 5.73 Å². The Labute approximate surface area is 128 Å². The average Bonchev–Trinajstić information content (AvgIpc) is 2.34. The number of halogens is 3. The Morgan fingerprint density at radius 3 is 2.72 bits per heavy atom. The van der Waals surface area contributed by atoms with Crippen LogP contribution in [-0.2, 0) is 5.75 Å². The molecule has 2 rings (SSSR count). The van der Waals surface area contributed by atoms with Crippen LogP contribution in [0.2, 0.25) is 5.02 Å². The van der Waals surface area contributed by atoms with E-state index >= 15 is 0 Å². The number of rotatable bonds is 3. The second-order valence-corrected chi connectivity index (χ2v) is 6.27. The third-order valence-electron chi connectivity index (χ3n) is 2.39. The summed E-state index contributed by atoms with van der Waals surface area (Å²) in [6.45, 7) is 0. The second kappa shape index (κ2) is 6.12. The van der Waals surface area contributed by atoms with Crippen LogP contribution in [0.4, 0.5) is 10.1 Å². The summed E-state index contributed by atoms with van der Waals surface area (Å²) in [5.41, 5.74) is 7.48. The molecule has 18 heavy (non-hydrogen) atoms. The summed E-state index contributed by atoms with van der Waals surface area (Å²) in [7, 11) is 0. The molecule has 0 heterocycles. The minimum absolute atomic E-state index is 0.244. The fourth-order valence-corrected chi connectivity index (χ4v) is 3.19. The van der Waals surface area contributed by atoms with Crippen molar-refractivity contribution in [3.63, 3.8) is 0 Å². The SMILES string of the molecule is Nc1cc(I)c(F)cc1SCc1ccccc1Cl. The first-order valence-corrected chi connectivity index (χ1v) is 7.63. The van der Waals surface area contributed by atoms with Crippen molar-refractivity contribution >= 4 is 51.6 Å². The van der Waals surface area contributed by atoms with Crippen LogP contribution in [0.5, 0.6) is 0 Å². The van der Waals surface area contributed by atoms with Gasteiger partial charge in [0.05, 0.1) is 3.57 Å². The van der Waals surface area contributed by atoms with E-state index in [1.54, 1.807) is 6.07 Å². The van der Waals surface area contributed by atoms with Gasteiger partial charge in [-0.1, -0.05) is 29.8 Å². The number of anilines is 1. The van der Waals surface area contributed by atoms with Gasteiger partial charge in [0.2, 0.25) is 0 Å². The Bertz CT molecular complexity index is 577. The van der Waals surface area contributed by atoms with Crippen molar-refractivity contribution in [3.8, 4) is 0 Å². The summed E-state index contributed by atoms with van der Waals surface area (Å²) in [5, 5.41) is 0.717. The maximum absolute atomic E-state index is 13.5. The van der Waals surface area contributed by atoms with Crippen molar-refractivity contribution in [2.45, 2.75) is 10.6 Å². The maximum atomic E-state index is 13.5. The molecule has 0 radical (unpaired) electrons. The van der Waals surface area contributed by atoms with E-state index < -0.39 is 0 Å². The highest BCUT2D eigenvalue weighted by molar-refractivity contribution is 14.1. The van der Waals surface area contributed by atoms with E-state index in [0.29, 0.717) is 15.0 Å². The van der Waals surface area contributed by atoms with Crippen LogP contribution in [-0.4, -0.2) is 0 Å². The zero-order chi connectivity index (χ0) is 13.1. The van der Waals surface area contributed by atoms with Gasteiger partial charge in [0.25, 0.3) is 0 Å². The molecule has 0 aliphatic rings. The van der Waals surface area contributed by atoms with Crippen molar-refractivity contribution in [1.82, 2.24) is 0 Å². The Morgan fingerprint density at radius 1 is 1.28 bits per heavy atom. The van der Waals surface area contributed by atoms with E-state index in [9.17, 15) is 4.39 Å². The molecule has 0 saturated heterocycles. The zero-order valence-corrected chi connectivity index (χ0v) is 13.0. The molecule has 0 unspecified atom stereocenters. The predicted octanol–water partition coefficient (Wildman–Crippen LogP) is 4.96. The lowest BCUT2D eigenvalue weighted by atomic mass is 10.2.